The topological polar surface area (TPSA) is 87.3 Å². The van der Waals surface area contributed by atoms with E-state index in [9.17, 15) is 9.50 Å². The standard InChI is InChI=1S/C24H26FN5O2/c1-13-26-19-10-21(31)14(9-22(19)32-13)16-5-6-18-17(27-16)7-8-23(28-18)30-11-15(25)20(12-30)29-24(2,3)4/h5-10,15,20,29,31H,11-12H2,1-4H3/t15-,20-/m0/s1. The molecule has 0 aliphatic carbocycles. The lowest BCUT2D eigenvalue weighted by atomic mass is 10.1. The largest absolute Gasteiger partial charge is 0.507 e. The van der Waals surface area contributed by atoms with Crippen LogP contribution in [-0.2, 0) is 0 Å². The van der Waals surface area contributed by atoms with Gasteiger partial charge in [0.15, 0.2) is 11.5 Å². The molecule has 4 aromatic rings. The minimum atomic E-state index is -0.954. The van der Waals surface area contributed by atoms with E-state index >= 15 is 0 Å². The van der Waals surface area contributed by atoms with Crippen molar-refractivity contribution >= 4 is 28.0 Å². The average Bonchev–Trinajstić information content (AvgIpc) is 3.26. The third kappa shape index (κ3) is 3.86. The second-order valence-corrected chi connectivity index (χ2v) is 9.40. The zero-order valence-corrected chi connectivity index (χ0v) is 18.6. The highest BCUT2D eigenvalue weighted by Crippen LogP contribution is 2.33. The molecular formula is C24H26FN5O2. The van der Waals surface area contributed by atoms with Crippen LogP contribution in [0.4, 0.5) is 10.2 Å². The maximum atomic E-state index is 14.6. The Bertz CT molecular complexity index is 1310. The Labute approximate surface area is 185 Å². The molecule has 0 radical (unpaired) electrons. The predicted octanol–water partition coefficient (Wildman–Crippen LogP) is 4.37. The number of pyridine rings is 2. The summed E-state index contributed by atoms with van der Waals surface area (Å²) in [7, 11) is 0. The molecule has 2 N–H and O–H groups in total. The van der Waals surface area contributed by atoms with Crippen molar-refractivity contribution in [2.24, 2.45) is 0 Å². The maximum absolute atomic E-state index is 14.6. The van der Waals surface area contributed by atoms with Gasteiger partial charge in [-0.15, -0.1) is 0 Å². The van der Waals surface area contributed by atoms with Crippen LogP contribution in [0.3, 0.4) is 0 Å². The van der Waals surface area contributed by atoms with Gasteiger partial charge < -0.3 is 19.7 Å². The second kappa shape index (κ2) is 7.41. The predicted molar refractivity (Wildman–Crippen MR) is 123 cm³/mol. The van der Waals surface area contributed by atoms with Crippen LogP contribution in [0.2, 0.25) is 0 Å². The summed E-state index contributed by atoms with van der Waals surface area (Å²) in [6.07, 6.45) is -0.954. The van der Waals surface area contributed by atoms with Gasteiger partial charge in [-0.05, 0) is 51.1 Å². The third-order valence-electron chi connectivity index (χ3n) is 5.61. The van der Waals surface area contributed by atoms with Crippen LogP contribution in [0.5, 0.6) is 5.75 Å². The van der Waals surface area contributed by atoms with Gasteiger partial charge in [0.1, 0.15) is 23.3 Å². The fraction of sp³-hybridized carbons (Fsp3) is 0.375. The van der Waals surface area contributed by atoms with Gasteiger partial charge in [-0.3, -0.25) is 0 Å². The lowest BCUT2D eigenvalue weighted by Crippen LogP contribution is -2.48. The molecule has 0 bridgehead atoms. The Morgan fingerprint density at radius 1 is 1.03 bits per heavy atom. The second-order valence-electron chi connectivity index (χ2n) is 9.40. The van der Waals surface area contributed by atoms with Gasteiger partial charge in [0, 0.05) is 30.6 Å². The number of oxazole rings is 1. The molecule has 5 rings (SSSR count). The zero-order valence-electron chi connectivity index (χ0n) is 18.6. The van der Waals surface area contributed by atoms with E-state index in [1.807, 2.05) is 49.9 Å². The highest BCUT2D eigenvalue weighted by molar-refractivity contribution is 5.86. The highest BCUT2D eigenvalue weighted by atomic mass is 19.1. The van der Waals surface area contributed by atoms with Crippen molar-refractivity contribution in [2.45, 2.75) is 45.4 Å². The number of halogens is 1. The maximum Gasteiger partial charge on any atom is 0.192 e. The van der Waals surface area contributed by atoms with Crippen LogP contribution in [0.1, 0.15) is 26.7 Å². The van der Waals surface area contributed by atoms with E-state index in [0.29, 0.717) is 52.4 Å². The summed E-state index contributed by atoms with van der Waals surface area (Å²) in [5, 5.41) is 13.8. The van der Waals surface area contributed by atoms with Crippen molar-refractivity contribution in [3.8, 4) is 17.0 Å². The van der Waals surface area contributed by atoms with E-state index in [4.69, 9.17) is 9.40 Å². The van der Waals surface area contributed by atoms with Gasteiger partial charge in [0.25, 0.3) is 0 Å². The van der Waals surface area contributed by atoms with Gasteiger partial charge in [-0.1, -0.05) is 0 Å². The molecule has 1 fully saturated rings. The van der Waals surface area contributed by atoms with Crippen LogP contribution in [0.25, 0.3) is 33.4 Å². The fourth-order valence-electron chi connectivity index (χ4n) is 4.25. The average molecular weight is 436 g/mol. The highest BCUT2D eigenvalue weighted by Gasteiger charge is 2.35. The van der Waals surface area contributed by atoms with Gasteiger partial charge in [-0.25, -0.2) is 19.3 Å². The summed E-state index contributed by atoms with van der Waals surface area (Å²) in [6.45, 7) is 8.76. The van der Waals surface area contributed by atoms with Crippen molar-refractivity contribution in [2.75, 3.05) is 18.0 Å². The Morgan fingerprint density at radius 2 is 1.78 bits per heavy atom. The third-order valence-corrected chi connectivity index (χ3v) is 5.61. The fourth-order valence-corrected chi connectivity index (χ4v) is 4.25. The molecule has 1 aliphatic heterocycles. The summed E-state index contributed by atoms with van der Waals surface area (Å²) in [5.41, 5.74) is 3.63. The summed E-state index contributed by atoms with van der Waals surface area (Å²) >= 11 is 0. The van der Waals surface area contributed by atoms with Crippen molar-refractivity contribution in [1.29, 1.82) is 0 Å². The normalized spacial score (nSPS) is 19.3. The molecule has 4 heterocycles. The number of rotatable bonds is 3. The van der Waals surface area contributed by atoms with Gasteiger partial charge in [0.05, 0.1) is 29.3 Å². The van der Waals surface area contributed by atoms with Gasteiger partial charge in [-0.2, -0.15) is 0 Å². The molecule has 3 aromatic heterocycles. The number of nitrogens with zero attached hydrogens (tertiary/aromatic N) is 4. The summed E-state index contributed by atoms with van der Waals surface area (Å²) in [5.74, 6) is 1.36. The number of aromatic hydroxyl groups is 1. The van der Waals surface area contributed by atoms with E-state index in [-0.39, 0.29) is 17.3 Å². The Balaban J connectivity index is 1.44. The Hall–Kier alpha value is -3.26. The van der Waals surface area contributed by atoms with Crippen LogP contribution in [0, 0.1) is 6.92 Å². The minimum Gasteiger partial charge on any atom is -0.507 e. The quantitative estimate of drug-likeness (QED) is 0.494. The molecule has 7 nitrogen and oxygen atoms in total. The van der Waals surface area contributed by atoms with E-state index in [2.05, 4.69) is 15.3 Å². The van der Waals surface area contributed by atoms with E-state index in [1.54, 1.807) is 19.1 Å². The first kappa shape index (κ1) is 20.6. The molecule has 1 aromatic carbocycles. The molecule has 1 saturated heterocycles. The van der Waals surface area contributed by atoms with Crippen molar-refractivity contribution in [3.63, 3.8) is 0 Å². The molecule has 0 unspecified atom stereocenters. The molecule has 8 heteroatoms. The number of aromatic nitrogens is 3. The summed E-state index contributed by atoms with van der Waals surface area (Å²) < 4.78 is 20.2. The molecule has 0 saturated carbocycles. The molecule has 0 spiro atoms. The first-order valence-electron chi connectivity index (χ1n) is 10.7. The van der Waals surface area contributed by atoms with Crippen molar-refractivity contribution in [1.82, 2.24) is 20.3 Å². The number of hydrogen-bond acceptors (Lipinski definition) is 7. The Kier molecular flexibility index (Phi) is 4.78. The Morgan fingerprint density at radius 3 is 2.56 bits per heavy atom. The lowest BCUT2D eigenvalue weighted by molar-refractivity contribution is 0.257. The van der Waals surface area contributed by atoms with E-state index in [1.165, 1.54) is 0 Å². The van der Waals surface area contributed by atoms with E-state index < -0.39 is 6.17 Å². The van der Waals surface area contributed by atoms with Crippen LogP contribution >= 0.6 is 0 Å². The lowest BCUT2D eigenvalue weighted by Gasteiger charge is -2.26. The number of fused-ring (bicyclic) bond motifs is 2. The minimum absolute atomic E-state index is 0.0886. The summed E-state index contributed by atoms with van der Waals surface area (Å²) in [6, 6.07) is 10.5. The molecule has 1 aliphatic rings. The SMILES string of the molecule is Cc1nc2cc(O)c(-c3ccc4nc(N5C[C@H](NC(C)(C)C)[C@@H](F)C5)ccc4n3)cc2o1. The van der Waals surface area contributed by atoms with Crippen LogP contribution in [0.15, 0.2) is 40.8 Å². The van der Waals surface area contributed by atoms with Crippen LogP contribution in [-0.4, -0.2) is 50.9 Å². The molecule has 2 atom stereocenters. The number of phenols is 1. The van der Waals surface area contributed by atoms with Gasteiger partial charge >= 0.3 is 0 Å². The molecule has 0 amide bonds. The van der Waals surface area contributed by atoms with Crippen molar-refractivity contribution < 1.29 is 13.9 Å². The monoisotopic (exact) mass is 435 g/mol. The number of alkyl halides is 1. The first-order valence-corrected chi connectivity index (χ1v) is 10.7. The molecular weight excluding hydrogens is 409 g/mol. The van der Waals surface area contributed by atoms with Crippen LogP contribution < -0.4 is 10.2 Å². The zero-order chi connectivity index (χ0) is 22.6. The van der Waals surface area contributed by atoms with E-state index in [0.717, 1.165) is 5.82 Å². The smallest absolute Gasteiger partial charge is 0.192 e. The number of phenolic OH excluding ortho intramolecular Hbond substituents is 1. The number of aryl methyl sites for hydroxylation is 1. The van der Waals surface area contributed by atoms with Gasteiger partial charge in [0.2, 0.25) is 0 Å². The first-order chi connectivity index (χ1) is 15.2. The summed E-state index contributed by atoms with van der Waals surface area (Å²) in [4.78, 5) is 15.6. The molecule has 166 valence electrons. The number of hydrogen-bond donors (Lipinski definition) is 2. The number of nitrogens with one attached hydrogen (secondary N) is 1. The number of anilines is 1. The van der Waals surface area contributed by atoms with Crippen molar-refractivity contribution in [3.05, 3.63) is 42.3 Å². The number of benzene rings is 1. The molecule has 32 heavy (non-hydrogen) atoms.